The van der Waals surface area contributed by atoms with Crippen molar-refractivity contribution in [3.8, 4) is 5.75 Å². The smallest absolute Gasteiger partial charge is 0.262 e. The highest BCUT2D eigenvalue weighted by Gasteiger charge is 2.12. The molecule has 0 saturated heterocycles. The molecule has 1 heterocycles. The van der Waals surface area contributed by atoms with Gasteiger partial charge in [-0.15, -0.1) is 0 Å². The first-order valence-electron chi connectivity index (χ1n) is 8.53. The summed E-state index contributed by atoms with van der Waals surface area (Å²) in [5, 5.41) is 3.42. The Kier molecular flexibility index (Phi) is 5.13. The van der Waals surface area contributed by atoms with Gasteiger partial charge in [0.1, 0.15) is 5.75 Å². The van der Waals surface area contributed by atoms with Crippen molar-refractivity contribution in [1.82, 2.24) is 4.98 Å². The monoisotopic (exact) mass is 369 g/mol. The Morgan fingerprint density at radius 2 is 2.04 bits per heavy atom. The number of nitrogens with one attached hydrogen (secondary N) is 1. The number of benzene rings is 2. The van der Waals surface area contributed by atoms with Crippen LogP contribution in [-0.4, -0.2) is 17.5 Å². The predicted molar refractivity (Wildman–Crippen MR) is 108 cm³/mol. The average Bonchev–Trinajstić information content (AvgIpc) is 2.93. The van der Waals surface area contributed by atoms with Gasteiger partial charge in [0.2, 0.25) is 0 Å². The van der Waals surface area contributed by atoms with Crippen LogP contribution in [-0.2, 0) is 4.79 Å². The topological polar surface area (TPSA) is 77.2 Å². The van der Waals surface area contributed by atoms with Crippen LogP contribution in [0.3, 0.4) is 0 Å². The van der Waals surface area contributed by atoms with Gasteiger partial charge in [0.25, 0.3) is 5.91 Å². The lowest BCUT2D eigenvalue weighted by atomic mass is 10.0. The number of amides is 1. The second kappa shape index (κ2) is 7.33. The Morgan fingerprint density at radius 1 is 1.27 bits per heavy atom. The molecule has 0 aliphatic carbocycles. The number of nitrogens with two attached hydrogens (primary N) is 1. The molecule has 3 N–H and O–H groups in total. The Bertz CT molecular complexity index is 963. The minimum Gasteiger partial charge on any atom is -0.483 e. The molecule has 3 aromatic rings. The maximum atomic E-state index is 12.3. The van der Waals surface area contributed by atoms with E-state index in [0.717, 1.165) is 38.3 Å². The van der Waals surface area contributed by atoms with Crippen LogP contribution in [0, 0.1) is 13.8 Å². The van der Waals surface area contributed by atoms with Crippen molar-refractivity contribution in [3.63, 3.8) is 0 Å². The van der Waals surface area contributed by atoms with Gasteiger partial charge in [0.15, 0.2) is 11.7 Å². The van der Waals surface area contributed by atoms with Gasteiger partial charge < -0.3 is 15.8 Å². The minimum atomic E-state index is -0.197. The summed E-state index contributed by atoms with van der Waals surface area (Å²) >= 11 is 1.41. The molecule has 0 saturated carbocycles. The zero-order valence-electron chi connectivity index (χ0n) is 15.4. The van der Waals surface area contributed by atoms with E-state index >= 15 is 0 Å². The van der Waals surface area contributed by atoms with Crippen LogP contribution in [0.4, 0.5) is 10.8 Å². The number of hydrogen-bond acceptors (Lipinski definition) is 5. The van der Waals surface area contributed by atoms with Crippen molar-refractivity contribution in [2.45, 2.75) is 33.6 Å². The van der Waals surface area contributed by atoms with E-state index in [9.17, 15) is 4.79 Å². The number of thiazole rings is 1. The number of nitrogen functional groups attached to an aromatic ring is 1. The first kappa shape index (κ1) is 18.2. The molecule has 0 unspecified atom stereocenters. The number of hydrogen-bond donors (Lipinski definition) is 2. The van der Waals surface area contributed by atoms with Crippen LogP contribution in [0.25, 0.3) is 10.2 Å². The summed E-state index contributed by atoms with van der Waals surface area (Å²) in [7, 11) is 0. The van der Waals surface area contributed by atoms with Crippen molar-refractivity contribution in [2.24, 2.45) is 0 Å². The Balaban J connectivity index is 1.71. The molecule has 1 amide bonds. The molecule has 26 heavy (non-hydrogen) atoms. The summed E-state index contributed by atoms with van der Waals surface area (Å²) in [4.78, 5) is 16.6. The van der Waals surface area contributed by atoms with E-state index in [-0.39, 0.29) is 12.5 Å². The summed E-state index contributed by atoms with van der Waals surface area (Å²) in [6, 6.07) is 9.87. The van der Waals surface area contributed by atoms with E-state index in [4.69, 9.17) is 10.5 Å². The van der Waals surface area contributed by atoms with Crippen LogP contribution in [0.15, 0.2) is 30.3 Å². The molecule has 0 bridgehead atoms. The SMILES string of the molecule is Cc1ccc(C(C)C)c(OCC(=O)Nc2cc(C)c3nc(N)sc3c2)c1. The van der Waals surface area contributed by atoms with Crippen LogP contribution in [0.2, 0.25) is 0 Å². The molecule has 0 spiro atoms. The predicted octanol–water partition coefficient (Wildman–Crippen LogP) is 4.64. The summed E-state index contributed by atoms with van der Waals surface area (Å²) < 4.78 is 6.75. The molecule has 2 aromatic carbocycles. The fourth-order valence-corrected chi connectivity index (χ4v) is 3.72. The lowest BCUT2D eigenvalue weighted by Gasteiger charge is -2.15. The van der Waals surface area contributed by atoms with E-state index < -0.39 is 0 Å². The van der Waals surface area contributed by atoms with E-state index in [1.54, 1.807) is 0 Å². The van der Waals surface area contributed by atoms with Crippen molar-refractivity contribution in [3.05, 3.63) is 47.0 Å². The number of aryl methyl sites for hydroxylation is 2. The van der Waals surface area contributed by atoms with Gasteiger partial charge in [-0.25, -0.2) is 4.98 Å². The molecule has 6 heteroatoms. The molecule has 5 nitrogen and oxygen atoms in total. The van der Waals surface area contributed by atoms with Crippen molar-refractivity contribution in [2.75, 3.05) is 17.7 Å². The second-order valence-corrected chi connectivity index (χ2v) is 7.79. The highest BCUT2D eigenvalue weighted by molar-refractivity contribution is 7.22. The molecular formula is C20H23N3O2S. The van der Waals surface area contributed by atoms with Crippen molar-refractivity contribution in [1.29, 1.82) is 0 Å². The van der Waals surface area contributed by atoms with E-state index in [2.05, 4.69) is 36.3 Å². The maximum absolute atomic E-state index is 12.3. The zero-order valence-corrected chi connectivity index (χ0v) is 16.2. The second-order valence-electron chi connectivity index (χ2n) is 6.72. The fourth-order valence-electron chi connectivity index (χ4n) is 2.87. The third kappa shape index (κ3) is 3.96. The third-order valence-corrected chi connectivity index (χ3v) is 4.97. The number of ether oxygens (including phenoxy) is 1. The molecule has 0 fully saturated rings. The lowest BCUT2D eigenvalue weighted by Crippen LogP contribution is -2.20. The van der Waals surface area contributed by atoms with Crippen molar-refractivity contribution >= 4 is 38.3 Å². The zero-order chi connectivity index (χ0) is 18.8. The largest absolute Gasteiger partial charge is 0.483 e. The van der Waals surface area contributed by atoms with Crippen LogP contribution < -0.4 is 15.8 Å². The number of carbonyl (C=O) groups is 1. The summed E-state index contributed by atoms with van der Waals surface area (Å²) in [5.41, 5.74) is 10.6. The molecule has 3 rings (SSSR count). The van der Waals surface area contributed by atoms with Crippen LogP contribution in [0.5, 0.6) is 5.75 Å². The molecule has 136 valence electrons. The minimum absolute atomic E-state index is 0.0366. The molecule has 0 aliphatic heterocycles. The van der Waals surface area contributed by atoms with Crippen LogP contribution >= 0.6 is 11.3 Å². The first-order valence-corrected chi connectivity index (χ1v) is 9.35. The summed E-state index contributed by atoms with van der Waals surface area (Å²) in [5.74, 6) is 0.893. The van der Waals surface area contributed by atoms with Crippen molar-refractivity contribution < 1.29 is 9.53 Å². The molecule has 1 aromatic heterocycles. The number of anilines is 2. The van der Waals surface area contributed by atoms with E-state index in [1.807, 2.05) is 32.0 Å². The quantitative estimate of drug-likeness (QED) is 0.687. The average molecular weight is 369 g/mol. The number of aromatic nitrogens is 1. The van der Waals surface area contributed by atoms with E-state index in [0.29, 0.717) is 11.0 Å². The number of rotatable bonds is 5. The first-order chi connectivity index (χ1) is 12.3. The molecule has 0 radical (unpaired) electrons. The van der Waals surface area contributed by atoms with Gasteiger partial charge in [-0.1, -0.05) is 37.3 Å². The van der Waals surface area contributed by atoms with Crippen LogP contribution in [0.1, 0.15) is 36.5 Å². The number of fused-ring (bicyclic) bond motifs is 1. The number of nitrogens with zero attached hydrogens (tertiary/aromatic N) is 1. The van der Waals surface area contributed by atoms with Gasteiger partial charge in [-0.05, 0) is 54.7 Å². The summed E-state index contributed by atoms with van der Waals surface area (Å²) in [6.07, 6.45) is 0. The van der Waals surface area contributed by atoms with Gasteiger partial charge in [-0.3, -0.25) is 4.79 Å². The Hall–Kier alpha value is -2.60. The Morgan fingerprint density at radius 3 is 2.77 bits per heavy atom. The summed E-state index contributed by atoms with van der Waals surface area (Å²) in [6.45, 7) is 8.14. The fraction of sp³-hybridized carbons (Fsp3) is 0.300. The van der Waals surface area contributed by atoms with Gasteiger partial charge in [0, 0.05) is 5.69 Å². The highest BCUT2D eigenvalue weighted by atomic mass is 32.1. The van der Waals surface area contributed by atoms with Gasteiger partial charge in [-0.2, -0.15) is 0 Å². The normalized spacial score (nSPS) is 11.1. The lowest BCUT2D eigenvalue weighted by molar-refractivity contribution is -0.118. The molecular weight excluding hydrogens is 346 g/mol. The van der Waals surface area contributed by atoms with Gasteiger partial charge >= 0.3 is 0 Å². The number of carbonyl (C=O) groups excluding carboxylic acids is 1. The van der Waals surface area contributed by atoms with E-state index in [1.165, 1.54) is 11.3 Å². The Labute approximate surface area is 157 Å². The standard InChI is InChI=1S/C20H23N3O2S/c1-11(2)15-6-5-12(3)7-16(15)25-10-18(24)22-14-8-13(4)19-17(9-14)26-20(21)23-19/h5-9,11H,10H2,1-4H3,(H2,21,23)(H,22,24). The molecule has 0 atom stereocenters. The highest BCUT2D eigenvalue weighted by Crippen LogP contribution is 2.30. The third-order valence-electron chi connectivity index (χ3n) is 4.14. The maximum Gasteiger partial charge on any atom is 0.262 e. The van der Waals surface area contributed by atoms with Gasteiger partial charge in [0.05, 0.1) is 10.2 Å². The molecule has 0 aliphatic rings.